The maximum absolute atomic E-state index is 12.0. The van der Waals surface area contributed by atoms with Crippen LogP contribution >= 0.6 is 0 Å². The minimum Gasteiger partial charge on any atom is -0.494 e. The summed E-state index contributed by atoms with van der Waals surface area (Å²) in [4.78, 5) is 12.0. The highest BCUT2D eigenvalue weighted by Gasteiger charge is 2.13. The molecule has 3 N–H and O–H groups in total. The van der Waals surface area contributed by atoms with E-state index in [0.717, 1.165) is 0 Å². The number of methoxy groups -OCH3 is 1. The van der Waals surface area contributed by atoms with Crippen LogP contribution in [0.25, 0.3) is 0 Å². The molecule has 1 amide bonds. The lowest BCUT2D eigenvalue weighted by Crippen LogP contribution is -2.27. The fraction of sp³-hybridized carbons (Fsp3) is 0.231. The van der Waals surface area contributed by atoms with Gasteiger partial charge < -0.3 is 15.8 Å². The molecule has 0 unspecified atom stereocenters. The zero-order chi connectivity index (χ0) is 13.7. The summed E-state index contributed by atoms with van der Waals surface area (Å²) >= 11 is 0. The third-order valence-corrected chi connectivity index (χ3v) is 2.68. The molecule has 1 aromatic carbocycles. The molecule has 0 radical (unpaired) electrons. The summed E-state index contributed by atoms with van der Waals surface area (Å²) in [6.07, 6.45) is 3.54. The number of ether oxygens (including phenoxy) is 1. The quantitative estimate of drug-likeness (QED) is 0.783. The molecule has 19 heavy (non-hydrogen) atoms. The van der Waals surface area contributed by atoms with Crippen LogP contribution in [0.4, 0.5) is 5.69 Å². The van der Waals surface area contributed by atoms with Gasteiger partial charge >= 0.3 is 0 Å². The first kappa shape index (κ1) is 12.9. The Labute approximate surface area is 111 Å². The highest BCUT2D eigenvalue weighted by atomic mass is 16.5. The predicted octanol–water partition coefficient (Wildman–Crippen LogP) is 0.904. The largest absolute Gasteiger partial charge is 0.494 e. The summed E-state index contributed by atoms with van der Waals surface area (Å²) in [6, 6.07) is 6.93. The van der Waals surface area contributed by atoms with Gasteiger partial charge in [-0.1, -0.05) is 6.07 Å². The van der Waals surface area contributed by atoms with E-state index < -0.39 is 0 Å². The molecule has 6 heteroatoms. The predicted molar refractivity (Wildman–Crippen MR) is 72.0 cm³/mol. The van der Waals surface area contributed by atoms with E-state index in [1.165, 1.54) is 7.11 Å². The molecule has 0 aliphatic heterocycles. The van der Waals surface area contributed by atoms with Crippen LogP contribution in [-0.4, -0.2) is 29.3 Å². The Kier molecular flexibility index (Phi) is 4.02. The van der Waals surface area contributed by atoms with E-state index in [-0.39, 0.29) is 5.91 Å². The van der Waals surface area contributed by atoms with Crippen LogP contribution in [0.15, 0.2) is 36.7 Å². The van der Waals surface area contributed by atoms with Crippen molar-refractivity contribution in [2.75, 3.05) is 19.4 Å². The zero-order valence-corrected chi connectivity index (χ0v) is 10.7. The van der Waals surface area contributed by atoms with E-state index in [9.17, 15) is 4.79 Å². The first-order valence-corrected chi connectivity index (χ1v) is 5.90. The van der Waals surface area contributed by atoms with Gasteiger partial charge in [-0.15, -0.1) is 0 Å². The number of nitrogen functional groups attached to an aromatic ring is 1. The van der Waals surface area contributed by atoms with Gasteiger partial charge in [-0.3, -0.25) is 9.48 Å². The van der Waals surface area contributed by atoms with Gasteiger partial charge in [0.25, 0.3) is 5.91 Å². The third kappa shape index (κ3) is 3.04. The number of hydrogen-bond donors (Lipinski definition) is 2. The lowest BCUT2D eigenvalue weighted by atomic mass is 10.1. The van der Waals surface area contributed by atoms with E-state index in [1.807, 2.05) is 12.3 Å². The number of anilines is 1. The Bertz CT molecular complexity index is 552. The summed E-state index contributed by atoms with van der Waals surface area (Å²) in [5, 5.41) is 6.86. The lowest BCUT2D eigenvalue weighted by molar-refractivity contribution is 0.0949. The molecular formula is C13H16N4O2. The molecule has 0 fully saturated rings. The van der Waals surface area contributed by atoms with Crippen LogP contribution in [0.3, 0.4) is 0 Å². The summed E-state index contributed by atoms with van der Waals surface area (Å²) in [6.45, 7) is 1.10. The van der Waals surface area contributed by atoms with Crippen molar-refractivity contribution in [3.8, 4) is 5.75 Å². The molecule has 0 spiro atoms. The molecule has 2 aromatic rings. The van der Waals surface area contributed by atoms with Gasteiger partial charge in [-0.2, -0.15) is 5.10 Å². The van der Waals surface area contributed by atoms with Gasteiger partial charge in [0, 0.05) is 18.9 Å². The normalized spacial score (nSPS) is 10.2. The summed E-state index contributed by atoms with van der Waals surface area (Å²) in [5.74, 6) is 0.190. The fourth-order valence-electron chi connectivity index (χ4n) is 1.77. The average molecular weight is 260 g/mol. The van der Waals surface area contributed by atoms with Gasteiger partial charge in [0.2, 0.25) is 0 Å². The summed E-state index contributed by atoms with van der Waals surface area (Å²) in [5.41, 5.74) is 6.64. The van der Waals surface area contributed by atoms with Crippen molar-refractivity contribution in [2.45, 2.75) is 6.54 Å². The number of nitrogens with zero attached hydrogens (tertiary/aromatic N) is 2. The van der Waals surface area contributed by atoms with Crippen LogP contribution in [0, 0.1) is 0 Å². The molecule has 1 aromatic heterocycles. The molecule has 100 valence electrons. The Morgan fingerprint density at radius 1 is 1.47 bits per heavy atom. The lowest BCUT2D eigenvalue weighted by Gasteiger charge is -2.11. The van der Waals surface area contributed by atoms with Gasteiger partial charge in [-0.25, -0.2) is 0 Å². The van der Waals surface area contributed by atoms with Crippen molar-refractivity contribution in [2.24, 2.45) is 0 Å². The smallest absolute Gasteiger partial charge is 0.255 e. The molecule has 2 rings (SSSR count). The number of amides is 1. The van der Waals surface area contributed by atoms with Crippen molar-refractivity contribution in [3.63, 3.8) is 0 Å². The highest BCUT2D eigenvalue weighted by Crippen LogP contribution is 2.25. The molecule has 0 saturated heterocycles. The molecule has 0 atom stereocenters. The van der Waals surface area contributed by atoms with Gasteiger partial charge in [0.15, 0.2) is 5.75 Å². The number of rotatable bonds is 5. The van der Waals surface area contributed by atoms with Gasteiger partial charge in [0.05, 0.1) is 24.9 Å². The number of hydrogen-bond acceptors (Lipinski definition) is 4. The molecule has 6 nitrogen and oxygen atoms in total. The zero-order valence-electron chi connectivity index (χ0n) is 10.7. The Hall–Kier alpha value is -2.50. The summed E-state index contributed by atoms with van der Waals surface area (Å²) < 4.78 is 6.89. The number of benzene rings is 1. The Morgan fingerprint density at radius 2 is 2.32 bits per heavy atom. The Balaban J connectivity index is 1.98. The van der Waals surface area contributed by atoms with Crippen LogP contribution < -0.4 is 15.8 Å². The maximum Gasteiger partial charge on any atom is 0.255 e. The second-order valence-electron chi connectivity index (χ2n) is 3.95. The molecule has 0 saturated carbocycles. The fourth-order valence-corrected chi connectivity index (χ4v) is 1.77. The van der Waals surface area contributed by atoms with Crippen LogP contribution in [0.2, 0.25) is 0 Å². The minimum atomic E-state index is -0.212. The van der Waals surface area contributed by atoms with E-state index in [2.05, 4.69) is 10.4 Å². The van der Waals surface area contributed by atoms with Crippen LogP contribution in [0.1, 0.15) is 10.4 Å². The standard InChI is InChI=1S/C13H16N4O2/c1-19-12-10(4-2-5-11(12)14)13(18)15-7-9-17-8-3-6-16-17/h2-6,8H,7,9,14H2,1H3,(H,15,18). The van der Waals surface area contributed by atoms with Crippen LogP contribution in [-0.2, 0) is 6.54 Å². The molecule has 0 bridgehead atoms. The van der Waals surface area contributed by atoms with Crippen molar-refractivity contribution in [3.05, 3.63) is 42.2 Å². The number of nitrogens with one attached hydrogen (secondary N) is 1. The first-order valence-electron chi connectivity index (χ1n) is 5.90. The number of para-hydroxylation sites is 1. The topological polar surface area (TPSA) is 82.2 Å². The van der Waals surface area contributed by atoms with Gasteiger partial charge in [0.1, 0.15) is 0 Å². The number of aromatic nitrogens is 2. The van der Waals surface area contributed by atoms with E-state index in [4.69, 9.17) is 10.5 Å². The van der Waals surface area contributed by atoms with Crippen molar-refractivity contribution >= 4 is 11.6 Å². The number of carbonyl (C=O) groups is 1. The van der Waals surface area contributed by atoms with Gasteiger partial charge in [-0.05, 0) is 18.2 Å². The molecule has 0 aliphatic rings. The van der Waals surface area contributed by atoms with Crippen molar-refractivity contribution in [1.82, 2.24) is 15.1 Å². The monoisotopic (exact) mass is 260 g/mol. The maximum atomic E-state index is 12.0. The average Bonchev–Trinajstić information content (AvgIpc) is 2.91. The molecular weight excluding hydrogens is 244 g/mol. The third-order valence-electron chi connectivity index (χ3n) is 2.68. The number of carbonyl (C=O) groups excluding carboxylic acids is 1. The van der Waals surface area contributed by atoms with Crippen molar-refractivity contribution in [1.29, 1.82) is 0 Å². The van der Waals surface area contributed by atoms with Crippen molar-refractivity contribution < 1.29 is 9.53 Å². The molecule has 0 aliphatic carbocycles. The number of nitrogens with two attached hydrogens (primary N) is 1. The summed E-state index contributed by atoms with van der Waals surface area (Å²) in [7, 11) is 1.49. The van der Waals surface area contributed by atoms with E-state index in [1.54, 1.807) is 29.1 Å². The van der Waals surface area contributed by atoms with Crippen LogP contribution in [0.5, 0.6) is 5.75 Å². The first-order chi connectivity index (χ1) is 9.22. The molecule has 1 heterocycles. The van der Waals surface area contributed by atoms with E-state index in [0.29, 0.717) is 30.1 Å². The Morgan fingerprint density at radius 3 is 3.00 bits per heavy atom. The second-order valence-corrected chi connectivity index (χ2v) is 3.95. The van der Waals surface area contributed by atoms with E-state index >= 15 is 0 Å². The highest BCUT2D eigenvalue weighted by molar-refractivity contribution is 5.98. The second kappa shape index (κ2) is 5.90. The minimum absolute atomic E-state index is 0.212. The SMILES string of the molecule is COc1c(N)cccc1C(=O)NCCn1cccn1.